The number of nitrogens with zero attached hydrogens (tertiary/aromatic N) is 1. The van der Waals surface area contributed by atoms with Gasteiger partial charge in [-0.1, -0.05) is 42.0 Å². The van der Waals surface area contributed by atoms with Crippen LogP contribution in [-0.2, 0) is 11.4 Å². The van der Waals surface area contributed by atoms with E-state index in [9.17, 15) is 4.79 Å². The second-order valence-electron chi connectivity index (χ2n) is 6.76. The van der Waals surface area contributed by atoms with Gasteiger partial charge in [0.1, 0.15) is 12.4 Å². The zero-order chi connectivity index (χ0) is 18.1. The number of benzene rings is 2. The van der Waals surface area contributed by atoms with Crippen molar-refractivity contribution in [1.82, 2.24) is 10.2 Å². The molecule has 132 valence electrons. The summed E-state index contributed by atoms with van der Waals surface area (Å²) < 4.78 is 5.88. The van der Waals surface area contributed by atoms with Crippen LogP contribution in [0.2, 0.25) is 0 Å². The number of aromatic amines is 1. The molecule has 0 bridgehead atoms. The van der Waals surface area contributed by atoms with Crippen LogP contribution in [0.1, 0.15) is 40.3 Å². The van der Waals surface area contributed by atoms with E-state index in [2.05, 4.69) is 46.7 Å². The van der Waals surface area contributed by atoms with Crippen LogP contribution in [-0.4, -0.2) is 16.1 Å². The van der Waals surface area contributed by atoms with E-state index in [1.165, 1.54) is 5.56 Å². The van der Waals surface area contributed by atoms with Crippen LogP contribution in [0, 0.1) is 13.8 Å². The van der Waals surface area contributed by atoms with Crippen molar-refractivity contribution in [2.24, 2.45) is 0 Å². The molecule has 2 N–H and O–H groups in total. The second kappa shape index (κ2) is 6.67. The van der Waals surface area contributed by atoms with Crippen molar-refractivity contribution in [1.29, 1.82) is 0 Å². The number of rotatable bonds is 4. The minimum absolute atomic E-state index is 0.00584. The lowest BCUT2D eigenvalue weighted by Gasteiger charge is -2.23. The third kappa shape index (κ3) is 3.20. The topological polar surface area (TPSA) is 67.0 Å². The molecule has 5 nitrogen and oxygen atoms in total. The summed E-state index contributed by atoms with van der Waals surface area (Å²) in [7, 11) is 0. The summed E-state index contributed by atoms with van der Waals surface area (Å²) in [5.74, 6) is 1.47. The normalized spacial score (nSPS) is 16.1. The molecule has 1 aliphatic rings. The molecule has 3 aromatic rings. The molecule has 0 aliphatic carbocycles. The van der Waals surface area contributed by atoms with Crippen LogP contribution in [0.5, 0.6) is 5.75 Å². The first-order valence-electron chi connectivity index (χ1n) is 8.73. The Morgan fingerprint density at radius 3 is 2.54 bits per heavy atom. The predicted octanol–water partition coefficient (Wildman–Crippen LogP) is 4.08. The predicted molar refractivity (Wildman–Crippen MR) is 100 cm³/mol. The third-order valence-corrected chi connectivity index (χ3v) is 4.80. The lowest BCUT2D eigenvalue weighted by atomic mass is 9.86. The van der Waals surface area contributed by atoms with Gasteiger partial charge in [0.15, 0.2) is 5.82 Å². The summed E-state index contributed by atoms with van der Waals surface area (Å²) in [5, 5.41) is 9.98. The standard InChI is InChI=1S/C21H21N3O2/c1-13-3-5-15(6-4-13)12-26-17-9-7-16(8-10-17)18-11-19(25)22-21-20(18)14(2)23-24-21/h3-10,18H,11-12H2,1-2H3,(H2,22,23,24,25)/t18-/m0/s1. The van der Waals surface area contributed by atoms with Gasteiger partial charge in [-0.15, -0.1) is 0 Å². The molecule has 0 unspecified atom stereocenters. The summed E-state index contributed by atoms with van der Waals surface area (Å²) in [6, 6.07) is 16.3. The molecule has 0 saturated carbocycles. The van der Waals surface area contributed by atoms with Gasteiger partial charge in [-0.25, -0.2) is 0 Å². The van der Waals surface area contributed by atoms with Crippen LogP contribution in [0.3, 0.4) is 0 Å². The first-order valence-corrected chi connectivity index (χ1v) is 8.73. The number of aromatic nitrogens is 2. The molecular weight excluding hydrogens is 326 g/mol. The van der Waals surface area contributed by atoms with Crippen molar-refractivity contribution in [3.63, 3.8) is 0 Å². The molecule has 26 heavy (non-hydrogen) atoms. The van der Waals surface area contributed by atoms with Crippen molar-refractivity contribution in [3.8, 4) is 5.75 Å². The van der Waals surface area contributed by atoms with Crippen molar-refractivity contribution in [2.45, 2.75) is 32.8 Å². The van der Waals surface area contributed by atoms with E-state index in [1.807, 2.05) is 31.2 Å². The number of H-pyrrole nitrogens is 1. The van der Waals surface area contributed by atoms with Gasteiger partial charge < -0.3 is 10.1 Å². The molecule has 5 heteroatoms. The van der Waals surface area contributed by atoms with Crippen molar-refractivity contribution >= 4 is 11.7 Å². The molecule has 2 aromatic carbocycles. The molecule has 0 spiro atoms. The van der Waals surface area contributed by atoms with Gasteiger partial charge in [-0.05, 0) is 37.1 Å². The molecule has 1 amide bonds. The highest BCUT2D eigenvalue weighted by molar-refractivity contribution is 5.94. The molecule has 4 rings (SSSR count). The largest absolute Gasteiger partial charge is 0.489 e. The highest BCUT2D eigenvalue weighted by Crippen LogP contribution is 2.38. The van der Waals surface area contributed by atoms with E-state index < -0.39 is 0 Å². The number of carbonyl (C=O) groups excluding carboxylic acids is 1. The van der Waals surface area contributed by atoms with Crippen LogP contribution < -0.4 is 10.1 Å². The Morgan fingerprint density at radius 1 is 1.08 bits per heavy atom. The Hall–Kier alpha value is -3.08. The van der Waals surface area contributed by atoms with Gasteiger partial charge in [-0.3, -0.25) is 9.89 Å². The Bertz CT molecular complexity index is 927. The Kier molecular flexibility index (Phi) is 4.21. The third-order valence-electron chi connectivity index (χ3n) is 4.80. The van der Waals surface area contributed by atoms with Gasteiger partial charge in [0, 0.05) is 23.6 Å². The Balaban J connectivity index is 1.50. The summed E-state index contributed by atoms with van der Waals surface area (Å²) in [5.41, 5.74) is 5.53. The number of fused-ring (bicyclic) bond motifs is 1. The van der Waals surface area contributed by atoms with Gasteiger partial charge in [0.2, 0.25) is 5.91 Å². The number of aryl methyl sites for hydroxylation is 2. The number of amides is 1. The number of ether oxygens (including phenoxy) is 1. The average molecular weight is 347 g/mol. The Labute approximate surface area is 152 Å². The maximum absolute atomic E-state index is 12.0. The number of hydrogen-bond donors (Lipinski definition) is 2. The monoisotopic (exact) mass is 347 g/mol. The first kappa shape index (κ1) is 16.4. The molecular formula is C21H21N3O2. The van der Waals surface area contributed by atoms with Crippen LogP contribution >= 0.6 is 0 Å². The maximum atomic E-state index is 12.0. The number of anilines is 1. The minimum Gasteiger partial charge on any atom is -0.489 e. The lowest BCUT2D eigenvalue weighted by molar-refractivity contribution is -0.116. The lowest BCUT2D eigenvalue weighted by Crippen LogP contribution is -2.23. The number of nitrogens with one attached hydrogen (secondary N) is 2. The van der Waals surface area contributed by atoms with E-state index >= 15 is 0 Å². The van der Waals surface area contributed by atoms with Gasteiger partial charge in [0.05, 0.1) is 0 Å². The highest BCUT2D eigenvalue weighted by Gasteiger charge is 2.30. The minimum atomic E-state index is -0.00584. The fraction of sp³-hybridized carbons (Fsp3) is 0.238. The van der Waals surface area contributed by atoms with Gasteiger partial charge in [-0.2, -0.15) is 5.10 Å². The molecule has 1 aromatic heterocycles. The zero-order valence-electron chi connectivity index (χ0n) is 14.9. The fourth-order valence-electron chi connectivity index (χ4n) is 3.36. The SMILES string of the molecule is Cc1ccc(COc2ccc([C@@H]3CC(=O)Nc4n[nH]c(C)c43)cc2)cc1. The summed E-state index contributed by atoms with van der Waals surface area (Å²) in [6.45, 7) is 4.59. The van der Waals surface area contributed by atoms with E-state index in [0.717, 1.165) is 28.1 Å². The van der Waals surface area contributed by atoms with Crippen LogP contribution in [0.25, 0.3) is 0 Å². The highest BCUT2D eigenvalue weighted by atomic mass is 16.5. The maximum Gasteiger partial charge on any atom is 0.226 e. The molecule has 1 atom stereocenters. The summed E-state index contributed by atoms with van der Waals surface area (Å²) in [6.07, 6.45) is 0.428. The van der Waals surface area contributed by atoms with E-state index in [1.54, 1.807) is 0 Å². The number of carbonyl (C=O) groups is 1. The molecule has 0 saturated heterocycles. The van der Waals surface area contributed by atoms with Crippen molar-refractivity contribution in [3.05, 3.63) is 76.5 Å². The quantitative estimate of drug-likeness (QED) is 0.747. The molecule has 1 aliphatic heterocycles. The molecule has 2 heterocycles. The van der Waals surface area contributed by atoms with Crippen molar-refractivity contribution < 1.29 is 9.53 Å². The zero-order valence-corrected chi connectivity index (χ0v) is 14.9. The molecule has 0 fully saturated rings. The summed E-state index contributed by atoms with van der Waals surface area (Å²) in [4.78, 5) is 12.0. The van der Waals surface area contributed by atoms with E-state index in [-0.39, 0.29) is 11.8 Å². The van der Waals surface area contributed by atoms with E-state index in [4.69, 9.17) is 4.74 Å². The smallest absolute Gasteiger partial charge is 0.226 e. The van der Waals surface area contributed by atoms with E-state index in [0.29, 0.717) is 18.8 Å². The van der Waals surface area contributed by atoms with Gasteiger partial charge in [0.25, 0.3) is 0 Å². The fourth-order valence-corrected chi connectivity index (χ4v) is 3.36. The first-order chi connectivity index (χ1) is 12.6. The second-order valence-corrected chi connectivity index (χ2v) is 6.76. The average Bonchev–Trinajstić information content (AvgIpc) is 3.02. The molecule has 0 radical (unpaired) electrons. The van der Waals surface area contributed by atoms with Crippen LogP contribution in [0.4, 0.5) is 5.82 Å². The van der Waals surface area contributed by atoms with Gasteiger partial charge >= 0.3 is 0 Å². The Morgan fingerprint density at radius 2 is 1.81 bits per heavy atom. The summed E-state index contributed by atoms with van der Waals surface area (Å²) >= 11 is 0. The van der Waals surface area contributed by atoms with Crippen LogP contribution in [0.15, 0.2) is 48.5 Å². The number of hydrogen-bond acceptors (Lipinski definition) is 3. The van der Waals surface area contributed by atoms with Crippen molar-refractivity contribution in [2.75, 3.05) is 5.32 Å².